The van der Waals surface area contributed by atoms with Crippen LogP contribution < -0.4 is 5.73 Å². The molecule has 1 fully saturated rings. The Labute approximate surface area is 58.3 Å². The lowest BCUT2D eigenvalue weighted by Crippen LogP contribution is -2.54. The van der Waals surface area contributed by atoms with E-state index >= 15 is 0 Å². The molecule has 10 heavy (non-hydrogen) atoms. The van der Waals surface area contributed by atoms with Crippen molar-refractivity contribution in [1.82, 2.24) is 0 Å². The Morgan fingerprint density at radius 3 is 2.40 bits per heavy atom. The third kappa shape index (κ3) is 1.13. The van der Waals surface area contributed by atoms with Gasteiger partial charge in [0.1, 0.15) is 5.54 Å². The van der Waals surface area contributed by atoms with Crippen LogP contribution in [-0.4, -0.2) is 24.7 Å². The third-order valence-corrected chi connectivity index (χ3v) is 1.93. The maximum absolute atomic E-state index is 12.6. The number of hydrogen-bond acceptors (Lipinski definition) is 2. The highest BCUT2D eigenvalue weighted by atomic mass is 19.3. The molecule has 0 bridgehead atoms. The molecule has 4 heteroatoms. The van der Waals surface area contributed by atoms with E-state index in [-0.39, 0.29) is 13.0 Å². The van der Waals surface area contributed by atoms with Gasteiger partial charge in [0.15, 0.2) is 0 Å². The van der Waals surface area contributed by atoms with E-state index in [4.69, 9.17) is 10.5 Å². The van der Waals surface area contributed by atoms with Crippen LogP contribution in [0.3, 0.4) is 0 Å². The lowest BCUT2D eigenvalue weighted by molar-refractivity contribution is -0.0587. The molecule has 0 aromatic heterocycles. The second-order valence-electron chi connectivity index (χ2n) is 2.85. The van der Waals surface area contributed by atoms with E-state index in [1.807, 2.05) is 0 Å². The quantitative estimate of drug-likeness (QED) is 0.600. The van der Waals surface area contributed by atoms with Gasteiger partial charge in [-0.2, -0.15) is 0 Å². The predicted molar refractivity (Wildman–Crippen MR) is 33.0 cm³/mol. The molecular weight excluding hydrogens is 140 g/mol. The summed E-state index contributed by atoms with van der Waals surface area (Å²) in [6.45, 7) is 1.15. The number of halogens is 2. The summed E-state index contributed by atoms with van der Waals surface area (Å²) in [5.41, 5.74) is 3.94. The van der Waals surface area contributed by atoms with Crippen molar-refractivity contribution in [3.05, 3.63) is 0 Å². The molecule has 60 valence electrons. The fourth-order valence-electron chi connectivity index (χ4n) is 0.927. The van der Waals surface area contributed by atoms with Crippen LogP contribution in [-0.2, 0) is 4.74 Å². The summed E-state index contributed by atoms with van der Waals surface area (Å²) in [6.07, 6.45) is 0.247. The molecule has 0 aromatic carbocycles. The summed E-state index contributed by atoms with van der Waals surface area (Å²) in [7, 11) is 0. The highest BCUT2D eigenvalue weighted by molar-refractivity contribution is 4.97. The van der Waals surface area contributed by atoms with Crippen molar-refractivity contribution in [3.8, 4) is 0 Å². The molecule has 1 aliphatic heterocycles. The molecule has 0 aromatic rings. The Kier molecular flexibility index (Phi) is 1.68. The van der Waals surface area contributed by atoms with Crippen LogP contribution in [0.15, 0.2) is 0 Å². The summed E-state index contributed by atoms with van der Waals surface area (Å²) in [5, 5.41) is 0. The van der Waals surface area contributed by atoms with Crippen molar-refractivity contribution in [2.24, 2.45) is 5.73 Å². The standard InChI is InChI=1S/C6H11F2NO/c1-5(7,8)6(9)2-3-10-4-6/h2-4,9H2,1H3/t6-/m1/s1. The van der Waals surface area contributed by atoms with Crippen molar-refractivity contribution in [3.63, 3.8) is 0 Å². The SMILES string of the molecule is CC(F)(F)[C@@]1(N)CCOC1. The van der Waals surface area contributed by atoms with Crippen molar-refractivity contribution in [2.75, 3.05) is 13.2 Å². The summed E-state index contributed by atoms with van der Waals surface area (Å²) in [6, 6.07) is 0. The van der Waals surface area contributed by atoms with Crippen LogP contribution in [0.2, 0.25) is 0 Å². The molecular formula is C6H11F2NO. The zero-order valence-corrected chi connectivity index (χ0v) is 5.86. The largest absolute Gasteiger partial charge is 0.379 e. The average molecular weight is 151 g/mol. The van der Waals surface area contributed by atoms with Gasteiger partial charge >= 0.3 is 0 Å². The van der Waals surface area contributed by atoms with Crippen LogP contribution >= 0.6 is 0 Å². The number of rotatable bonds is 1. The molecule has 0 amide bonds. The fraction of sp³-hybridized carbons (Fsp3) is 1.00. The van der Waals surface area contributed by atoms with Crippen LogP contribution in [0.25, 0.3) is 0 Å². The molecule has 1 saturated heterocycles. The lowest BCUT2D eigenvalue weighted by Gasteiger charge is -2.28. The van der Waals surface area contributed by atoms with Crippen LogP contribution in [0.5, 0.6) is 0 Å². The Balaban J connectivity index is 2.67. The van der Waals surface area contributed by atoms with E-state index < -0.39 is 11.5 Å². The van der Waals surface area contributed by atoms with Gasteiger partial charge in [0.05, 0.1) is 6.61 Å². The fourth-order valence-corrected chi connectivity index (χ4v) is 0.927. The van der Waals surface area contributed by atoms with Gasteiger partial charge in [0.25, 0.3) is 5.92 Å². The monoisotopic (exact) mass is 151 g/mol. The second-order valence-corrected chi connectivity index (χ2v) is 2.85. The topological polar surface area (TPSA) is 35.2 Å². The number of alkyl halides is 2. The maximum atomic E-state index is 12.6. The van der Waals surface area contributed by atoms with Gasteiger partial charge in [0, 0.05) is 13.5 Å². The van der Waals surface area contributed by atoms with Gasteiger partial charge in [0.2, 0.25) is 0 Å². The Bertz CT molecular complexity index is 126. The van der Waals surface area contributed by atoms with Gasteiger partial charge in [-0.1, -0.05) is 0 Å². The predicted octanol–water partition coefficient (Wildman–Crippen LogP) is 0.759. The van der Waals surface area contributed by atoms with Gasteiger partial charge < -0.3 is 10.5 Å². The summed E-state index contributed by atoms with van der Waals surface area (Å²) in [5.74, 6) is -2.83. The molecule has 1 rings (SSSR count). The lowest BCUT2D eigenvalue weighted by atomic mass is 9.93. The summed E-state index contributed by atoms with van der Waals surface area (Å²) in [4.78, 5) is 0. The first-order valence-corrected chi connectivity index (χ1v) is 3.20. The maximum Gasteiger partial charge on any atom is 0.265 e. The smallest absolute Gasteiger partial charge is 0.265 e. The molecule has 1 heterocycles. The minimum absolute atomic E-state index is 0.0312. The van der Waals surface area contributed by atoms with E-state index in [1.165, 1.54) is 0 Å². The van der Waals surface area contributed by atoms with E-state index in [0.29, 0.717) is 6.61 Å². The molecule has 1 atom stereocenters. The van der Waals surface area contributed by atoms with Gasteiger partial charge in [-0.3, -0.25) is 0 Å². The zero-order valence-electron chi connectivity index (χ0n) is 5.86. The molecule has 0 spiro atoms. The molecule has 0 unspecified atom stereocenters. The highest BCUT2D eigenvalue weighted by Gasteiger charge is 2.49. The van der Waals surface area contributed by atoms with Crippen LogP contribution in [0.1, 0.15) is 13.3 Å². The van der Waals surface area contributed by atoms with E-state index in [1.54, 1.807) is 0 Å². The molecule has 2 N–H and O–H groups in total. The number of hydrogen-bond donors (Lipinski definition) is 1. The second kappa shape index (κ2) is 2.13. The van der Waals surface area contributed by atoms with Gasteiger partial charge in [-0.25, -0.2) is 8.78 Å². The summed E-state index contributed by atoms with van der Waals surface area (Å²) < 4.78 is 30.0. The highest BCUT2D eigenvalue weighted by Crippen LogP contribution is 2.32. The minimum Gasteiger partial charge on any atom is -0.379 e. The first-order chi connectivity index (χ1) is 4.46. The molecule has 0 aliphatic carbocycles. The number of nitrogens with two attached hydrogens (primary N) is 1. The van der Waals surface area contributed by atoms with Crippen molar-refractivity contribution in [2.45, 2.75) is 24.8 Å². The average Bonchev–Trinajstić information content (AvgIpc) is 2.13. The molecule has 2 nitrogen and oxygen atoms in total. The van der Waals surface area contributed by atoms with Crippen LogP contribution in [0.4, 0.5) is 8.78 Å². The van der Waals surface area contributed by atoms with E-state index in [0.717, 1.165) is 6.92 Å². The minimum atomic E-state index is -2.83. The van der Waals surface area contributed by atoms with Crippen LogP contribution in [0, 0.1) is 0 Å². The van der Waals surface area contributed by atoms with Gasteiger partial charge in [-0.15, -0.1) is 0 Å². The normalized spacial score (nSPS) is 34.8. The molecule has 1 aliphatic rings. The Hall–Kier alpha value is -0.220. The van der Waals surface area contributed by atoms with Crippen molar-refractivity contribution < 1.29 is 13.5 Å². The summed E-state index contributed by atoms with van der Waals surface area (Å²) >= 11 is 0. The Morgan fingerprint density at radius 2 is 2.20 bits per heavy atom. The Morgan fingerprint density at radius 1 is 1.60 bits per heavy atom. The van der Waals surface area contributed by atoms with Gasteiger partial charge in [-0.05, 0) is 6.42 Å². The number of ether oxygens (including phenoxy) is 1. The first kappa shape index (κ1) is 7.88. The molecule has 0 radical (unpaired) electrons. The van der Waals surface area contributed by atoms with E-state index in [9.17, 15) is 8.78 Å². The zero-order chi connectivity index (χ0) is 7.83. The third-order valence-electron chi connectivity index (χ3n) is 1.93. The first-order valence-electron chi connectivity index (χ1n) is 3.20. The molecule has 0 saturated carbocycles. The van der Waals surface area contributed by atoms with Crippen molar-refractivity contribution in [1.29, 1.82) is 0 Å². The van der Waals surface area contributed by atoms with E-state index in [2.05, 4.69) is 0 Å². The van der Waals surface area contributed by atoms with Crippen molar-refractivity contribution >= 4 is 0 Å².